The molecule has 17 heavy (non-hydrogen) atoms. The Balaban J connectivity index is 2.20. The molecule has 0 aromatic heterocycles. The first-order valence-corrected chi connectivity index (χ1v) is 5.56. The van der Waals surface area contributed by atoms with Gasteiger partial charge in [-0.1, -0.05) is 35.9 Å². The standard InChI is InChI=1S/C14H15NO2/c1-10-2-4-13-7-11(3-5-12(13)6-10)8-15-14(17)9-16/h2-7,16H,8-9H2,1H3,(H,15,17). The smallest absolute Gasteiger partial charge is 0.245 e. The number of hydrogen-bond acceptors (Lipinski definition) is 2. The van der Waals surface area contributed by atoms with Gasteiger partial charge in [-0.15, -0.1) is 0 Å². The Bertz CT molecular complexity index is 549. The number of carbonyl (C=O) groups is 1. The van der Waals surface area contributed by atoms with Crippen LogP contribution in [0.25, 0.3) is 10.8 Å². The van der Waals surface area contributed by atoms with Crippen LogP contribution in [0.3, 0.4) is 0 Å². The Morgan fingerprint density at radius 2 is 1.88 bits per heavy atom. The molecule has 2 rings (SSSR count). The number of nitrogens with one attached hydrogen (secondary N) is 1. The van der Waals surface area contributed by atoms with Crippen LogP contribution >= 0.6 is 0 Å². The fraction of sp³-hybridized carbons (Fsp3) is 0.214. The van der Waals surface area contributed by atoms with Crippen molar-refractivity contribution in [1.29, 1.82) is 0 Å². The molecule has 0 unspecified atom stereocenters. The summed E-state index contributed by atoms with van der Waals surface area (Å²) < 4.78 is 0. The largest absolute Gasteiger partial charge is 0.387 e. The summed E-state index contributed by atoms with van der Waals surface area (Å²) in [6.07, 6.45) is 0. The average Bonchev–Trinajstić information content (AvgIpc) is 2.35. The van der Waals surface area contributed by atoms with E-state index in [-0.39, 0.29) is 5.91 Å². The Hall–Kier alpha value is -1.87. The fourth-order valence-corrected chi connectivity index (χ4v) is 1.78. The minimum atomic E-state index is -0.466. The van der Waals surface area contributed by atoms with Crippen molar-refractivity contribution in [1.82, 2.24) is 5.32 Å². The van der Waals surface area contributed by atoms with Gasteiger partial charge in [0, 0.05) is 6.54 Å². The number of amides is 1. The van der Waals surface area contributed by atoms with Crippen molar-refractivity contribution < 1.29 is 9.90 Å². The maximum Gasteiger partial charge on any atom is 0.245 e. The molecule has 0 saturated heterocycles. The topological polar surface area (TPSA) is 49.3 Å². The summed E-state index contributed by atoms with van der Waals surface area (Å²) in [5.74, 6) is -0.353. The van der Waals surface area contributed by atoms with Gasteiger partial charge < -0.3 is 10.4 Å². The third-order valence-electron chi connectivity index (χ3n) is 2.69. The molecule has 0 radical (unpaired) electrons. The number of rotatable bonds is 3. The Morgan fingerprint density at radius 3 is 2.65 bits per heavy atom. The number of aliphatic hydroxyl groups excluding tert-OH is 1. The molecule has 0 saturated carbocycles. The minimum Gasteiger partial charge on any atom is -0.387 e. The quantitative estimate of drug-likeness (QED) is 0.842. The Kier molecular flexibility index (Phi) is 3.40. The highest BCUT2D eigenvalue weighted by Crippen LogP contribution is 2.17. The lowest BCUT2D eigenvalue weighted by Crippen LogP contribution is -2.25. The molecule has 0 atom stereocenters. The van der Waals surface area contributed by atoms with Crippen LogP contribution in [-0.2, 0) is 11.3 Å². The molecule has 3 nitrogen and oxygen atoms in total. The molecule has 0 aliphatic rings. The van der Waals surface area contributed by atoms with Gasteiger partial charge in [0.05, 0.1) is 0 Å². The predicted molar refractivity (Wildman–Crippen MR) is 67.6 cm³/mol. The predicted octanol–water partition coefficient (Wildman–Crippen LogP) is 1.76. The van der Waals surface area contributed by atoms with E-state index >= 15 is 0 Å². The molecule has 2 N–H and O–H groups in total. The molecule has 3 heteroatoms. The first kappa shape index (κ1) is 11.6. The van der Waals surface area contributed by atoms with Gasteiger partial charge in [0.1, 0.15) is 6.61 Å². The van der Waals surface area contributed by atoms with Crippen molar-refractivity contribution in [2.45, 2.75) is 13.5 Å². The van der Waals surface area contributed by atoms with Crippen LogP contribution in [0.4, 0.5) is 0 Å². The molecule has 0 bridgehead atoms. The molecule has 1 amide bonds. The molecule has 0 aliphatic carbocycles. The first-order chi connectivity index (χ1) is 8.19. The van der Waals surface area contributed by atoms with Gasteiger partial charge in [-0.2, -0.15) is 0 Å². The molecular formula is C14H15NO2. The second-order valence-electron chi connectivity index (χ2n) is 4.12. The summed E-state index contributed by atoms with van der Waals surface area (Å²) in [7, 11) is 0. The lowest BCUT2D eigenvalue weighted by molar-refractivity contribution is -0.123. The monoisotopic (exact) mass is 229 g/mol. The molecule has 0 aliphatic heterocycles. The van der Waals surface area contributed by atoms with E-state index in [0.29, 0.717) is 6.54 Å². The van der Waals surface area contributed by atoms with Crippen LogP contribution in [-0.4, -0.2) is 17.6 Å². The van der Waals surface area contributed by atoms with E-state index in [1.165, 1.54) is 10.9 Å². The van der Waals surface area contributed by atoms with Gasteiger partial charge in [0.2, 0.25) is 5.91 Å². The van der Waals surface area contributed by atoms with Crippen molar-refractivity contribution in [3.05, 3.63) is 47.5 Å². The van der Waals surface area contributed by atoms with Gasteiger partial charge >= 0.3 is 0 Å². The lowest BCUT2D eigenvalue weighted by Gasteiger charge is -2.05. The van der Waals surface area contributed by atoms with Gasteiger partial charge in [0.15, 0.2) is 0 Å². The first-order valence-electron chi connectivity index (χ1n) is 5.56. The van der Waals surface area contributed by atoms with Gasteiger partial charge in [0.25, 0.3) is 0 Å². The number of carbonyl (C=O) groups excluding carboxylic acids is 1. The van der Waals surface area contributed by atoms with Crippen LogP contribution in [0.1, 0.15) is 11.1 Å². The molecular weight excluding hydrogens is 214 g/mol. The molecule has 0 spiro atoms. The van der Waals surface area contributed by atoms with E-state index < -0.39 is 6.61 Å². The minimum absolute atomic E-state index is 0.353. The van der Waals surface area contributed by atoms with Crippen LogP contribution in [0.5, 0.6) is 0 Å². The van der Waals surface area contributed by atoms with E-state index in [9.17, 15) is 4.79 Å². The zero-order valence-corrected chi connectivity index (χ0v) is 9.73. The molecule has 0 fully saturated rings. The van der Waals surface area contributed by atoms with Crippen molar-refractivity contribution in [2.75, 3.05) is 6.61 Å². The number of benzene rings is 2. The number of aliphatic hydroxyl groups is 1. The summed E-state index contributed by atoms with van der Waals surface area (Å²) in [5, 5.41) is 13.6. The number of hydrogen-bond donors (Lipinski definition) is 2. The van der Waals surface area contributed by atoms with Gasteiger partial charge in [-0.25, -0.2) is 0 Å². The van der Waals surface area contributed by atoms with E-state index in [2.05, 4.69) is 30.4 Å². The van der Waals surface area contributed by atoms with E-state index in [0.717, 1.165) is 10.9 Å². The Morgan fingerprint density at radius 1 is 1.18 bits per heavy atom. The maximum atomic E-state index is 10.9. The van der Waals surface area contributed by atoms with Crippen LogP contribution in [0.2, 0.25) is 0 Å². The summed E-state index contributed by atoms with van der Waals surface area (Å²) in [4.78, 5) is 10.9. The average molecular weight is 229 g/mol. The van der Waals surface area contributed by atoms with E-state index in [4.69, 9.17) is 5.11 Å². The highest BCUT2D eigenvalue weighted by Gasteiger charge is 2.00. The molecule has 0 heterocycles. The van der Waals surface area contributed by atoms with E-state index in [1.807, 2.05) is 18.2 Å². The summed E-state index contributed by atoms with van der Waals surface area (Å²) in [6, 6.07) is 12.3. The van der Waals surface area contributed by atoms with Crippen LogP contribution in [0.15, 0.2) is 36.4 Å². The number of aryl methyl sites for hydroxylation is 1. The number of fused-ring (bicyclic) bond motifs is 1. The van der Waals surface area contributed by atoms with Crippen molar-refractivity contribution in [3.63, 3.8) is 0 Å². The highest BCUT2D eigenvalue weighted by molar-refractivity contribution is 5.84. The SMILES string of the molecule is Cc1ccc2cc(CNC(=O)CO)ccc2c1. The van der Waals surface area contributed by atoms with Gasteiger partial charge in [-0.05, 0) is 29.3 Å². The Labute approximate surface area is 100 Å². The van der Waals surface area contributed by atoms with E-state index in [1.54, 1.807) is 0 Å². The fourth-order valence-electron chi connectivity index (χ4n) is 1.78. The third-order valence-corrected chi connectivity index (χ3v) is 2.69. The maximum absolute atomic E-state index is 10.9. The van der Waals surface area contributed by atoms with Crippen LogP contribution < -0.4 is 5.32 Å². The summed E-state index contributed by atoms with van der Waals surface area (Å²) >= 11 is 0. The van der Waals surface area contributed by atoms with Crippen LogP contribution in [0, 0.1) is 6.92 Å². The zero-order valence-electron chi connectivity index (χ0n) is 9.73. The molecule has 2 aromatic rings. The third kappa shape index (κ3) is 2.82. The second-order valence-corrected chi connectivity index (χ2v) is 4.12. The summed E-state index contributed by atoms with van der Waals surface area (Å²) in [6.45, 7) is 2.05. The van der Waals surface area contributed by atoms with Crippen molar-refractivity contribution >= 4 is 16.7 Å². The molecule has 88 valence electrons. The van der Waals surface area contributed by atoms with Gasteiger partial charge in [-0.3, -0.25) is 4.79 Å². The summed E-state index contributed by atoms with van der Waals surface area (Å²) in [5.41, 5.74) is 2.27. The lowest BCUT2D eigenvalue weighted by atomic mass is 10.0. The van der Waals surface area contributed by atoms with Crippen molar-refractivity contribution in [2.24, 2.45) is 0 Å². The van der Waals surface area contributed by atoms with Crippen molar-refractivity contribution in [3.8, 4) is 0 Å². The highest BCUT2D eigenvalue weighted by atomic mass is 16.3. The second kappa shape index (κ2) is 4.97. The zero-order chi connectivity index (χ0) is 12.3. The molecule has 2 aromatic carbocycles. The normalized spacial score (nSPS) is 10.5.